The summed E-state index contributed by atoms with van der Waals surface area (Å²) in [4.78, 5) is 2.40. The van der Waals surface area contributed by atoms with Gasteiger partial charge in [-0.3, -0.25) is 0 Å². The second kappa shape index (κ2) is 12.0. The van der Waals surface area contributed by atoms with Crippen LogP contribution in [0.1, 0.15) is 22.5 Å². The Bertz CT molecular complexity index is 2860. The molecule has 1 atom stereocenters. The Morgan fingerprint density at radius 3 is 1.81 bits per heavy atom. The van der Waals surface area contributed by atoms with Crippen LogP contribution in [-0.4, -0.2) is 0 Å². The first kappa shape index (κ1) is 30.5. The predicted octanol–water partition coefficient (Wildman–Crippen LogP) is 13.7. The molecule has 0 amide bonds. The quantitative estimate of drug-likeness (QED) is 0.180. The Morgan fingerprint density at radius 2 is 1.00 bits per heavy atom. The maximum Gasteiger partial charge on any atom is 0.178 e. The van der Waals surface area contributed by atoms with Crippen molar-refractivity contribution in [3.8, 4) is 44.9 Å². The molecule has 11 rings (SSSR count). The standard InChI is InChI=1S/C51H33NO2/c1-3-15-34(16-4-1)35-27-29-37(30-28-35)52(46-24-12-8-19-39(46)36-17-5-2-6-18-36)38-31-32-44-42(33-38)40-20-7-10-22-43(40)51(44)45-23-11-14-26-48(45)53-49-41-21-9-13-25-47(41)54-50(49)51/h1-33H. The van der Waals surface area contributed by atoms with E-state index in [9.17, 15) is 0 Å². The van der Waals surface area contributed by atoms with E-state index in [1.807, 2.05) is 18.2 Å². The highest BCUT2D eigenvalue weighted by Crippen LogP contribution is 2.64. The van der Waals surface area contributed by atoms with Crippen molar-refractivity contribution in [2.24, 2.45) is 0 Å². The highest BCUT2D eigenvalue weighted by Gasteiger charge is 2.54. The number of furan rings is 1. The third-order valence-corrected chi connectivity index (χ3v) is 11.1. The molecule has 3 heteroatoms. The molecular weight excluding hydrogens is 659 g/mol. The minimum absolute atomic E-state index is 0.697. The molecule has 0 N–H and O–H groups in total. The number of anilines is 3. The van der Waals surface area contributed by atoms with E-state index in [0.29, 0.717) is 0 Å². The summed E-state index contributed by atoms with van der Waals surface area (Å²) in [5.41, 5.74) is 13.9. The Kier molecular flexibility index (Phi) is 6.77. The minimum atomic E-state index is -0.697. The lowest BCUT2D eigenvalue weighted by molar-refractivity contribution is 0.389. The van der Waals surface area contributed by atoms with Gasteiger partial charge in [-0.05, 0) is 87.5 Å². The zero-order valence-corrected chi connectivity index (χ0v) is 29.3. The van der Waals surface area contributed by atoms with Gasteiger partial charge in [0, 0.05) is 22.5 Å². The van der Waals surface area contributed by atoms with Crippen LogP contribution in [-0.2, 0) is 5.41 Å². The molecule has 1 spiro atoms. The Labute approximate surface area is 314 Å². The van der Waals surface area contributed by atoms with Gasteiger partial charge in [-0.2, -0.15) is 0 Å². The van der Waals surface area contributed by atoms with Crippen molar-refractivity contribution in [2.45, 2.75) is 5.41 Å². The van der Waals surface area contributed by atoms with Gasteiger partial charge >= 0.3 is 0 Å². The lowest BCUT2D eigenvalue weighted by atomic mass is 9.69. The number of benzene rings is 8. The monoisotopic (exact) mass is 691 g/mol. The van der Waals surface area contributed by atoms with Crippen molar-refractivity contribution in [3.63, 3.8) is 0 Å². The van der Waals surface area contributed by atoms with E-state index in [1.54, 1.807) is 0 Å². The maximum atomic E-state index is 6.89. The minimum Gasteiger partial charge on any atom is -0.455 e. The second-order valence-corrected chi connectivity index (χ2v) is 14.0. The molecule has 3 nitrogen and oxygen atoms in total. The van der Waals surface area contributed by atoms with Crippen molar-refractivity contribution >= 4 is 28.0 Å². The molecular formula is C51H33NO2. The van der Waals surface area contributed by atoms with Crippen molar-refractivity contribution in [1.29, 1.82) is 0 Å². The maximum absolute atomic E-state index is 6.89. The zero-order chi connectivity index (χ0) is 35.6. The van der Waals surface area contributed by atoms with Crippen molar-refractivity contribution < 1.29 is 9.15 Å². The lowest BCUT2D eigenvalue weighted by Crippen LogP contribution is -2.31. The number of nitrogens with zero attached hydrogens (tertiary/aromatic N) is 1. The van der Waals surface area contributed by atoms with Crippen molar-refractivity contribution in [2.75, 3.05) is 4.90 Å². The van der Waals surface area contributed by atoms with E-state index in [0.717, 1.165) is 56.4 Å². The highest BCUT2D eigenvalue weighted by atomic mass is 16.5. The van der Waals surface area contributed by atoms with E-state index in [-0.39, 0.29) is 0 Å². The number of rotatable bonds is 5. The third-order valence-electron chi connectivity index (χ3n) is 11.1. The van der Waals surface area contributed by atoms with Gasteiger partial charge in [0.05, 0.1) is 11.1 Å². The molecule has 0 saturated heterocycles. The summed E-state index contributed by atoms with van der Waals surface area (Å²) >= 11 is 0. The molecule has 1 aromatic heterocycles. The van der Waals surface area contributed by atoms with E-state index < -0.39 is 5.41 Å². The predicted molar refractivity (Wildman–Crippen MR) is 219 cm³/mol. The first-order chi connectivity index (χ1) is 26.8. The van der Waals surface area contributed by atoms with Crippen LogP contribution in [0.4, 0.5) is 17.1 Å². The number of para-hydroxylation sites is 3. The molecule has 9 aromatic rings. The van der Waals surface area contributed by atoms with Gasteiger partial charge in [0.15, 0.2) is 11.5 Å². The summed E-state index contributed by atoms with van der Waals surface area (Å²) in [5.74, 6) is 2.46. The second-order valence-electron chi connectivity index (χ2n) is 14.0. The molecule has 2 aliphatic rings. The third kappa shape index (κ3) is 4.42. The molecule has 0 saturated carbocycles. The number of hydrogen-bond acceptors (Lipinski definition) is 3. The molecule has 254 valence electrons. The topological polar surface area (TPSA) is 25.6 Å². The van der Waals surface area contributed by atoms with E-state index in [1.165, 1.54) is 38.9 Å². The molecule has 1 aliphatic heterocycles. The molecule has 54 heavy (non-hydrogen) atoms. The van der Waals surface area contributed by atoms with Crippen LogP contribution >= 0.6 is 0 Å². The van der Waals surface area contributed by atoms with Crippen molar-refractivity contribution in [3.05, 3.63) is 223 Å². The number of hydrogen-bond donors (Lipinski definition) is 0. The van der Waals surface area contributed by atoms with Gasteiger partial charge in [0.2, 0.25) is 0 Å². The number of ether oxygens (including phenoxy) is 1. The lowest BCUT2D eigenvalue weighted by Gasteiger charge is -2.36. The normalized spacial score (nSPS) is 14.9. The van der Waals surface area contributed by atoms with E-state index >= 15 is 0 Å². The Hall–Kier alpha value is -7.10. The van der Waals surface area contributed by atoms with Crippen molar-refractivity contribution in [1.82, 2.24) is 0 Å². The first-order valence-corrected chi connectivity index (χ1v) is 18.4. The average molecular weight is 692 g/mol. The Morgan fingerprint density at radius 1 is 0.407 bits per heavy atom. The van der Waals surface area contributed by atoms with Gasteiger partial charge in [0.25, 0.3) is 0 Å². The van der Waals surface area contributed by atoms with Crippen LogP contribution in [0.3, 0.4) is 0 Å². The molecule has 1 unspecified atom stereocenters. The fraction of sp³-hybridized carbons (Fsp3) is 0.0196. The van der Waals surface area contributed by atoms with Gasteiger partial charge in [-0.25, -0.2) is 0 Å². The molecule has 0 bridgehead atoms. The summed E-state index contributed by atoms with van der Waals surface area (Å²) in [6, 6.07) is 71.2. The molecule has 8 aromatic carbocycles. The van der Waals surface area contributed by atoms with Crippen LogP contribution in [0.25, 0.3) is 44.3 Å². The van der Waals surface area contributed by atoms with Gasteiger partial charge in [0.1, 0.15) is 16.7 Å². The Balaban J connectivity index is 1.16. The van der Waals surface area contributed by atoms with Gasteiger partial charge < -0.3 is 14.1 Å². The fourth-order valence-corrected chi connectivity index (χ4v) is 8.81. The SMILES string of the molecule is c1ccc(-c2ccc(N(c3ccc4c(c3)-c3ccccc3C43c4ccccc4Oc4c3oc3ccccc43)c3ccccc3-c3ccccc3)cc2)cc1. The van der Waals surface area contributed by atoms with E-state index in [2.05, 4.69) is 187 Å². The summed E-state index contributed by atoms with van der Waals surface area (Å²) in [6.45, 7) is 0. The highest BCUT2D eigenvalue weighted by molar-refractivity contribution is 5.96. The molecule has 0 radical (unpaired) electrons. The first-order valence-electron chi connectivity index (χ1n) is 18.4. The van der Waals surface area contributed by atoms with Crippen LogP contribution in [0.2, 0.25) is 0 Å². The summed E-state index contributed by atoms with van der Waals surface area (Å²) in [7, 11) is 0. The largest absolute Gasteiger partial charge is 0.455 e. The molecule has 1 aliphatic carbocycles. The van der Waals surface area contributed by atoms with Gasteiger partial charge in [-0.15, -0.1) is 0 Å². The number of fused-ring (bicyclic) bond motifs is 11. The van der Waals surface area contributed by atoms with Crippen LogP contribution in [0, 0.1) is 0 Å². The van der Waals surface area contributed by atoms with Crippen LogP contribution < -0.4 is 9.64 Å². The summed E-state index contributed by atoms with van der Waals surface area (Å²) in [6.07, 6.45) is 0. The summed E-state index contributed by atoms with van der Waals surface area (Å²) < 4.78 is 13.6. The van der Waals surface area contributed by atoms with Gasteiger partial charge in [-0.1, -0.05) is 152 Å². The average Bonchev–Trinajstić information content (AvgIpc) is 3.76. The summed E-state index contributed by atoms with van der Waals surface area (Å²) in [5, 5.41) is 0.978. The smallest absolute Gasteiger partial charge is 0.178 e. The molecule has 0 fully saturated rings. The van der Waals surface area contributed by atoms with E-state index in [4.69, 9.17) is 9.15 Å². The van der Waals surface area contributed by atoms with Crippen LogP contribution in [0.15, 0.2) is 205 Å². The zero-order valence-electron chi connectivity index (χ0n) is 29.3. The fourth-order valence-electron chi connectivity index (χ4n) is 8.81. The molecule has 2 heterocycles. The van der Waals surface area contributed by atoms with Crippen LogP contribution in [0.5, 0.6) is 11.5 Å².